The number of anilines is 1. The van der Waals surface area contributed by atoms with E-state index in [1.54, 1.807) is 0 Å². The highest BCUT2D eigenvalue weighted by Gasteiger charge is 2.00. The molecule has 2 heteroatoms. The van der Waals surface area contributed by atoms with E-state index >= 15 is 0 Å². The summed E-state index contributed by atoms with van der Waals surface area (Å²) >= 11 is 6.00. The molecule has 2 aromatic carbocycles. The number of rotatable bonds is 0. The molecule has 0 radical (unpaired) electrons. The van der Waals surface area contributed by atoms with Crippen molar-refractivity contribution in [2.45, 2.75) is 6.92 Å². The van der Waals surface area contributed by atoms with Gasteiger partial charge < -0.3 is 5.73 Å². The average Bonchev–Trinajstić information content (AvgIpc) is 2.09. The van der Waals surface area contributed by atoms with Crippen LogP contribution >= 0.6 is 11.6 Å². The van der Waals surface area contributed by atoms with Crippen LogP contribution in [0, 0.1) is 6.92 Å². The predicted octanol–water partition coefficient (Wildman–Crippen LogP) is 3.38. The van der Waals surface area contributed by atoms with Crippen LogP contribution in [0.5, 0.6) is 0 Å². The zero-order valence-corrected chi connectivity index (χ0v) is 8.10. The fraction of sp³-hybridized carbons (Fsp3) is 0.0909. The van der Waals surface area contributed by atoms with E-state index in [1.165, 1.54) is 0 Å². The SMILES string of the molecule is Cc1cc2c(N)cccc2cc1Cl. The molecule has 0 aliphatic rings. The number of benzene rings is 2. The van der Waals surface area contributed by atoms with Gasteiger partial charge in [0.2, 0.25) is 0 Å². The maximum absolute atomic E-state index is 6.00. The highest BCUT2D eigenvalue weighted by atomic mass is 35.5. The number of nitrogen functional groups attached to an aromatic ring is 1. The van der Waals surface area contributed by atoms with Gasteiger partial charge in [0, 0.05) is 16.1 Å². The third-order valence-corrected chi connectivity index (χ3v) is 2.60. The summed E-state index contributed by atoms with van der Waals surface area (Å²) < 4.78 is 0. The van der Waals surface area contributed by atoms with E-state index in [0.717, 1.165) is 27.0 Å². The molecule has 0 fully saturated rings. The van der Waals surface area contributed by atoms with Crippen LogP contribution < -0.4 is 5.73 Å². The van der Waals surface area contributed by atoms with Gasteiger partial charge in [-0.2, -0.15) is 0 Å². The number of halogens is 1. The van der Waals surface area contributed by atoms with E-state index in [-0.39, 0.29) is 0 Å². The number of hydrogen-bond acceptors (Lipinski definition) is 1. The monoisotopic (exact) mass is 191 g/mol. The Hall–Kier alpha value is -1.21. The van der Waals surface area contributed by atoms with Crippen molar-refractivity contribution < 1.29 is 0 Å². The van der Waals surface area contributed by atoms with Crippen molar-refractivity contribution in [1.29, 1.82) is 0 Å². The van der Waals surface area contributed by atoms with Crippen LogP contribution in [-0.4, -0.2) is 0 Å². The van der Waals surface area contributed by atoms with Crippen molar-refractivity contribution >= 4 is 28.1 Å². The van der Waals surface area contributed by atoms with Crippen LogP contribution in [0.15, 0.2) is 30.3 Å². The van der Waals surface area contributed by atoms with Gasteiger partial charge in [-0.05, 0) is 36.1 Å². The molecule has 2 rings (SSSR count). The first-order chi connectivity index (χ1) is 6.18. The minimum absolute atomic E-state index is 0.790. The van der Waals surface area contributed by atoms with E-state index in [2.05, 4.69) is 0 Å². The van der Waals surface area contributed by atoms with Crippen LogP contribution in [0.3, 0.4) is 0 Å². The van der Waals surface area contributed by atoms with Crippen molar-refractivity contribution in [2.75, 3.05) is 5.73 Å². The van der Waals surface area contributed by atoms with Gasteiger partial charge in [0.05, 0.1) is 0 Å². The summed E-state index contributed by atoms with van der Waals surface area (Å²) in [5.41, 5.74) is 7.70. The Balaban J connectivity index is 2.89. The van der Waals surface area contributed by atoms with Crippen molar-refractivity contribution in [2.24, 2.45) is 0 Å². The lowest BCUT2D eigenvalue weighted by atomic mass is 10.1. The number of fused-ring (bicyclic) bond motifs is 1. The van der Waals surface area contributed by atoms with Gasteiger partial charge in [0.25, 0.3) is 0 Å². The Morgan fingerprint density at radius 3 is 2.77 bits per heavy atom. The molecule has 66 valence electrons. The van der Waals surface area contributed by atoms with Gasteiger partial charge in [0.1, 0.15) is 0 Å². The van der Waals surface area contributed by atoms with E-state index in [1.807, 2.05) is 37.3 Å². The van der Waals surface area contributed by atoms with E-state index in [9.17, 15) is 0 Å². The van der Waals surface area contributed by atoms with E-state index in [0.29, 0.717) is 0 Å². The van der Waals surface area contributed by atoms with Crippen molar-refractivity contribution in [3.05, 3.63) is 40.9 Å². The Morgan fingerprint density at radius 1 is 1.23 bits per heavy atom. The van der Waals surface area contributed by atoms with Crippen LogP contribution in [0.4, 0.5) is 5.69 Å². The van der Waals surface area contributed by atoms with Gasteiger partial charge in [-0.3, -0.25) is 0 Å². The molecule has 13 heavy (non-hydrogen) atoms. The van der Waals surface area contributed by atoms with Gasteiger partial charge >= 0.3 is 0 Å². The quantitative estimate of drug-likeness (QED) is 0.635. The first-order valence-corrected chi connectivity index (χ1v) is 4.50. The third kappa shape index (κ3) is 1.36. The van der Waals surface area contributed by atoms with Crippen molar-refractivity contribution in [1.82, 2.24) is 0 Å². The molecule has 2 aromatic rings. The number of hydrogen-bond donors (Lipinski definition) is 1. The number of nitrogens with two attached hydrogens (primary N) is 1. The summed E-state index contributed by atoms with van der Waals surface area (Å²) in [7, 11) is 0. The predicted molar refractivity (Wildman–Crippen MR) is 58.1 cm³/mol. The van der Waals surface area contributed by atoms with Crippen LogP contribution in [0.1, 0.15) is 5.56 Å². The van der Waals surface area contributed by atoms with Crippen molar-refractivity contribution in [3.8, 4) is 0 Å². The average molecular weight is 192 g/mol. The molecule has 0 saturated heterocycles. The Morgan fingerprint density at radius 2 is 2.00 bits per heavy atom. The minimum atomic E-state index is 0.790. The molecule has 0 aliphatic carbocycles. The topological polar surface area (TPSA) is 26.0 Å². The molecule has 0 aromatic heterocycles. The molecule has 2 N–H and O–H groups in total. The second kappa shape index (κ2) is 2.93. The Kier molecular flexibility index (Phi) is 1.89. The van der Waals surface area contributed by atoms with E-state index < -0.39 is 0 Å². The lowest BCUT2D eigenvalue weighted by Crippen LogP contribution is -1.87. The molecule has 0 spiro atoms. The summed E-state index contributed by atoms with van der Waals surface area (Å²) in [4.78, 5) is 0. The maximum Gasteiger partial charge on any atom is 0.0441 e. The van der Waals surface area contributed by atoms with Gasteiger partial charge in [-0.1, -0.05) is 23.7 Å². The summed E-state index contributed by atoms with van der Waals surface area (Å²) in [6.45, 7) is 1.98. The highest BCUT2D eigenvalue weighted by Crippen LogP contribution is 2.26. The van der Waals surface area contributed by atoms with Crippen LogP contribution in [0.25, 0.3) is 10.8 Å². The standard InChI is InChI=1S/C11H10ClN/c1-7-5-9-8(6-10(7)12)3-2-4-11(9)13/h2-6H,13H2,1H3. The summed E-state index contributed by atoms with van der Waals surface area (Å²) in [5.74, 6) is 0. The molecule has 0 amide bonds. The molecular weight excluding hydrogens is 182 g/mol. The molecule has 0 atom stereocenters. The van der Waals surface area contributed by atoms with Crippen molar-refractivity contribution in [3.63, 3.8) is 0 Å². The molecule has 0 heterocycles. The lowest BCUT2D eigenvalue weighted by Gasteiger charge is -2.04. The molecule has 1 nitrogen and oxygen atoms in total. The molecule has 0 bridgehead atoms. The van der Waals surface area contributed by atoms with Crippen LogP contribution in [-0.2, 0) is 0 Å². The van der Waals surface area contributed by atoms with Gasteiger partial charge in [0.15, 0.2) is 0 Å². The van der Waals surface area contributed by atoms with Gasteiger partial charge in [-0.25, -0.2) is 0 Å². The summed E-state index contributed by atoms with van der Waals surface area (Å²) in [6, 6.07) is 9.81. The molecule has 0 aliphatic heterocycles. The Labute approximate surface area is 82.1 Å². The van der Waals surface area contributed by atoms with E-state index in [4.69, 9.17) is 17.3 Å². The lowest BCUT2D eigenvalue weighted by molar-refractivity contribution is 1.50. The first kappa shape index (κ1) is 8.39. The van der Waals surface area contributed by atoms with Gasteiger partial charge in [-0.15, -0.1) is 0 Å². The Bertz CT molecular complexity index is 463. The molecule has 0 unspecified atom stereocenters. The summed E-state index contributed by atoms with van der Waals surface area (Å²) in [5, 5.41) is 2.96. The molecule has 0 saturated carbocycles. The summed E-state index contributed by atoms with van der Waals surface area (Å²) in [6.07, 6.45) is 0. The maximum atomic E-state index is 6.00. The smallest absolute Gasteiger partial charge is 0.0441 e. The molecular formula is C11H10ClN. The number of aryl methyl sites for hydroxylation is 1. The third-order valence-electron chi connectivity index (χ3n) is 2.19. The normalized spacial score (nSPS) is 10.6. The second-order valence-electron chi connectivity index (χ2n) is 3.17. The fourth-order valence-electron chi connectivity index (χ4n) is 1.43. The second-order valence-corrected chi connectivity index (χ2v) is 3.58. The zero-order chi connectivity index (χ0) is 9.42. The zero-order valence-electron chi connectivity index (χ0n) is 7.34. The first-order valence-electron chi connectivity index (χ1n) is 4.13. The highest BCUT2D eigenvalue weighted by molar-refractivity contribution is 6.32. The largest absolute Gasteiger partial charge is 0.398 e. The minimum Gasteiger partial charge on any atom is -0.398 e. The fourth-order valence-corrected chi connectivity index (χ4v) is 1.60. The van der Waals surface area contributed by atoms with Crippen LogP contribution in [0.2, 0.25) is 5.02 Å².